The van der Waals surface area contributed by atoms with Crippen LogP contribution in [-0.4, -0.2) is 47.7 Å². The normalized spacial score (nSPS) is 11.9. The zero-order valence-electron chi connectivity index (χ0n) is 17.0. The Balaban J connectivity index is 2.60. The second-order valence-corrected chi connectivity index (χ2v) is 8.77. The first-order chi connectivity index (χ1) is 13.1. The van der Waals surface area contributed by atoms with Crippen LogP contribution in [0.15, 0.2) is 35.5 Å². The molecule has 0 saturated carbocycles. The fourth-order valence-electron chi connectivity index (χ4n) is 3.11. The van der Waals surface area contributed by atoms with Gasteiger partial charge in [0.25, 0.3) is 0 Å². The third kappa shape index (κ3) is 4.66. The van der Waals surface area contributed by atoms with Gasteiger partial charge < -0.3 is 10.6 Å². The molecule has 9 heteroatoms. The van der Waals surface area contributed by atoms with Crippen LogP contribution in [0.5, 0.6) is 0 Å². The number of amides is 1. The summed E-state index contributed by atoms with van der Waals surface area (Å²) in [5.74, 6) is 0.436. The maximum absolute atomic E-state index is 13.4. The first-order valence-electron chi connectivity index (χ1n) is 9.03. The number of sulfonamides is 1. The second kappa shape index (κ2) is 8.66. The molecule has 2 aromatic heterocycles. The van der Waals surface area contributed by atoms with Crippen LogP contribution in [0.3, 0.4) is 0 Å². The maximum atomic E-state index is 13.4. The van der Waals surface area contributed by atoms with Crippen molar-refractivity contribution in [2.75, 3.05) is 17.7 Å². The first-order valence-corrected chi connectivity index (χ1v) is 10.5. The lowest BCUT2D eigenvalue weighted by atomic mass is 10.1. The highest BCUT2D eigenvalue weighted by Crippen LogP contribution is 2.30. The summed E-state index contributed by atoms with van der Waals surface area (Å²) in [7, 11) is -2.14. The molecule has 0 aliphatic heterocycles. The van der Waals surface area contributed by atoms with E-state index in [0.29, 0.717) is 16.9 Å². The summed E-state index contributed by atoms with van der Waals surface area (Å²) in [4.78, 5) is 19.8. The number of rotatable bonds is 7. The summed E-state index contributed by atoms with van der Waals surface area (Å²) in [6, 6.07) is 4.60. The topological polar surface area (TPSA) is 104 Å². The van der Waals surface area contributed by atoms with Crippen LogP contribution in [0, 0.1) is 0 Å². The van der Waals surface area contributed by atoms with Crippen molar-refractivity contribution in [1.29, 1.82) is 0 Å². The molecule has 0 aliphatic rings. The molecule has 0 fully saturated rings. The van der Waals surface area contributed by atoms with Crippen molar-refractivity contribution >= 4 is 27.6 Å². The molecule has 2 aromatic rings. The number of nitrogens with zero attached hydrogens (tertiary/aromatic N) is 3. The smallest absolute Gasteiger partial charge is 0.247 e. The summed E-state index contributed by atoms with van der Waals surface area (Å²) >= 11 is 0. The Morgan fingerprint density at radius 2 is 1.71 bits per heavy atom. The number of nitrogens with one attached hydrogen (secondary N) is 2. The maximum Gasteiger partial charge on any atom is 0.247 e. The molecule has 0 bridgehead atoms. The van der Waals surface area contributed by atoms with Crippen molar-refractivity contribution in [3.05, 3.63) is 30.6 Å². The van der Waals surface area contributed by atoms with Gasteiger partial charge in [-0.1, -0.05) is 0 Å². The first kappa shape index (κ1) is 21.8. The van der Waals surface area contributed by atoms with Gasteiger partial charge in [0.05, 0.1) is 0 Å². The van der Waals surface area contributed by atoms with E-state index in [9.17, 15) is 13.2 Å². The number of carbonyl (C=O) groups excluding carboxylic acids is 1. The van der Waals surface area contributed by atoms with Crippen LogP contribution in [0.1, 0.15) is 34.6 Å². The summed E-state index contributed by atoms with van der Waals surface area (Å²) in [5, 5.41) is 5.49. The van der Waals surface area contributed by atoms with Crippen LogP contribution in [-0.2, 0) is 14.8 Å². The molecule has 0 aliphatic carbocycles. The molecule has 2 heterocycles. The molecule has 2 rings (SSSR count). The predicted molar refractivity (Wildman–Crippen MR) is 111 cm³/mol. The zero-order valence-corrected chi connectivity index (χ0v) is 17.8. The molecule has 28 heavy (non-hydrogen) atoms. The number of hydrogen-bond donors (Lipinski definition) is 2. The fourth-order valence-corrected chi connectivity index (χ4v) is 5.12. The van der Waals surface area contributed by atoms with Gasteiger partial charge in [0.2, 0.25) is 15.9 Å². The van der Waals surface area contributed by atoms with Gasteiger partial charge in [0.15, 0.2) is 0 Å². The zero-order chi connectivity index (χ0) is 21.1. The Labute approximate surface area is 166 Å². The van der Waals surface area contributed by atoms with Gasteiger partial charge in [-0.2, -0.15) is 4.31 Å². The van der Waals surface area contributed by atoms with E-state index in [2.05, 4.69) is 20.6 Å². The molecular weight excluding hydrogens is 378 g/mol. The van der Waals surface area contributed by atoms with Crippen LogP contribution in [0.4, 0.5) is 11.6 Å². The van der Waals surface area contributed by atoms with Gasteiger partial charge in [-0.05, 0) is 51.5 Å². The minimum Gasteiger partial charge on any atom is -0.372 e. The molecule has 0 unspecified atom stereocenters. The monoisotopic (exact) mass is 405 g/mol. The lowest BCUT2D eigenvalue weighted by molar-refractivity contribution is -0.114. The van der Waals surface area contributed by atoms with Gasteiger partial charge >= 0.3 is 0 Å². The number of pyridine rings is 2. The number of hydrogen-bond acceptors (Lipinski definition) is 6. The average molecular weight is 406 g/mol. The van der Waals surface area contributed by atoms with Gasteiger partial charge in [0, 0.05) is 44.0 Å². The van der Waals surface area contributed by atoms with E-state index in [-0.39, 0.29) is 28.7 Å². The second-order valence-electron chi connectivity index (χ2n) is 6.95. The standard InChI is InChI=1S/C19H27N5O3S/c1-12(2)24(13(3)4)28(26,27)17-9-16(11-22-19(17)20-6)15-7-8-21-18(10-15)23-14(5)25/h7-13H,1-6H3,(H,20,22)(H,21,23,25). The number of carbonyl (C=O) groups is 1. The van der Waals surface area contributed by atoms with Gasteiger partial charge in [-0.25, -0.2) is 18.4 Å². The quantitative estimate of drug-likeness (QED) is 0.734. The Morgan fingerprint density at radius 3 is 2.25 bits per heavy atom. The molecule has 0 spiro atoms. The summed E-state index contributed by atoms with van der Waals surface area (Å²) < 4.78 is 28.2. The van der Waals surface area contributed by atoms with E-state index in [4.69, 9.17) is 0 Å². The lowest BCUT2D eigenvalue weighted by Crippen LogP contribution is -2.42. The Hall–Kier alpha value is -2.52. The molecule has 1 amide bonds. The largest absolute Gasteiger partial charge is 0.372 e. The summed E-state index contributed by atoms with van der Waals surface area (Å²) in [6.45, 7) is 8.77. The van der Waals surface area contributed by atoms with Crippen molar-refractivity contribution in [3.8, 4) is 11.1 Å². The molecule has 0 radical (unpaired) electrons. The predicted octanol–water partition coefficient (Wildman–Crippen LogP) is 2.95. The molecule has 0 aromatic carbocycles. The van der Waals surface area contributed by atoms with E-state index < -0.39 is 10.0 Å². The molecule has 0 saturated heterocycles. The summed E-state index contributed by atoms with van der Waals surface area (Å²) in [6.07, 6.45) is 3.14. The minimum absolute atomic E-state index is 0.104. The highest BCUT2D eigenvalue weighted by Gasteiger charge is 2.32. The van der Waals surface area contributed by atoms with Crippen LogP contribution in [0.2, 0.25) is 0 Å². The number of anilines is 2. The van der Waals surface area contributed by atoms with Crippen LogP contribution in [0.25, 0.3) is 11.1 Å². The lowest BCUT2D eigenvalue weighted by Gasteiger charge is -2.30. The molecule has 152 valence electrons. The van der Waals surface area contributed by atoms with Crippen molar-refractivity contribution in [3.63, 3.8) is 0 Å². The van der Waals surface area contributed by atoms with Gasteiger partial charge in [-0.15, -0.1) is 0 Å². The van der Waals surface area contributed by atoms with Crippen LogP contribution < -0.4 is 10.6 Å². The average Bonchev–Trinajstić information content (AvgIpc) is 2.59. The Bertz CT molecular complexity index is 950. The third-order valence-corrected chi connectivity index (χ3v) is 6.33. The minimum atomic E-state index is -3.78. The summed E-state index contributed by atoms with van der Waals surface area (Å²) in [5.41, 5.74) is 1.31. The van der Waals surface area contributed by atoms with E-state index in [1.807, 2.05) is 27.7 Å². The van der Waals surface area contributed by atoms with Crippen LogP contribution >= 0.6 is 0 Å². The van der Waals surface area contributed by atoms with E-state index in [1.165, 1.54) is 11.2 Å². The van der Waals surface area contributed by atoms with E-state index >= 15 is 0 Å². The molecular formula is C19H27N5O3S. The molecule has 0 atom stereocenters. The van der Waals surface area contributed by atoms with Crippen molar-refractivity contribution in [2.24, 2.45) is 0 Å². The van der Waals surface area contributed by atoms with E-state index in [0.717, 1.165) is 0 Å². The fraction of sp³-hybridized carbons (Fsp3) is 0.421. The van der Waals surface area contributed by atoms with Crippen molar-refractivity contribution in [1.82, 2.24) is 14.3 Å². The Kier molecular flexibility index (Phi) is 6.73. The SMILES string of the molecule is CNc1ncc(-c2ccnc(NC(C)=O)c2)cc1S(=O)(=O)N(C(C)C)C(C)C. The van der Waals surface area contributed by atoms with Crippen molar-refractivity contribution in [2.45, 2.75) is 51.6 Å². The molecule has 2 N–H and O–H groups in total. The highest BCUT2D eigenvalue weighted by molar-refractivity contribution is 7.89. The Morgan fingerprint density at radius 1 is 1.07 bits per heavy atom. The van der Waals surface area contributed by atoms with E-state index in [1.54, 1.807) is 37.6 Å². The highest BCUT2D eigenvalue weighted by atomic mass is 32.2. The number of aromatic nitrogens is 2. The van der Waals surface area contributed by atoms with Crippen molar-refractivity contribution < 1.29 is 13.2 Å². The molecule has 8 nitrogen and oxygen atoms in total. The third-order valence-electron chi connectivity index (χ3n) is 4.06. The van der Waals surface area contributed by atoms with Gasteiger partial charge in [0.1, 0.15) is 16.5 Å². The van der Waals surface area contributed by atoms with Gasteiger partial charge in [-0.3, -0.25) is 4.79 Å².